The van der Waals surface area contributed by atoms with Crippen LogP contribution in [-0.2, 0) is 11.3 Å². The molecule has 0 saturated heterocycles. The highest BCUT2D eigenvalue weighted by atomic mass is 16.4. The van der Waals surface area contributed by atoms with Crippen molar-refractivity contribution in [3.05, 3.63) is 28.2 Å². The fourth-order valence-electron chi connectivity index (χ4n) is 1.65. The summed E-state index contributed by atoms with van der Waals surface area (Å²) in [5.74, 6) is -1.31. The maximum Gasteiger partial charge on any atom is 0.303 e. The molecule has 0 aliphatic heterocycles. The van der Waals surface area contributed by atoms with E-state index in [0.717, 1.165) is 6.42 Å². The van der Waals surface area contributed by atoms with Gasteiger partial charge in [-0.1, -0.05) is 6.92 Å². The SMILES string of the molecule is CCCn1nc(C(=O)NC(C)CCC(=O)O)ccc1=O. The van der Waals surface area contributed by atoms with E-state index < -0.39 is 11.9 Å². The Labute approximate surface area is 116 Å². The minimum Gasteiger partial charge on any atom is -0.481 e. The second kappa shape index (κ2) is 7.42. The Bertz CT molecular complexity index is 539. The van der Waals surface area contributed by atoms with Crippen LogP contribution in [0.4, 0.5) is 0 Å². The van der Waals surface area contributed by atoms with Crippen LogP contribution in [0.3, 0.4) is 0 Å². The third kappa shape index (κ3) is 4.83. The smallest absolute Gasteiger partial charge is 0.303 e. The third-order valence-electron chi connectivity index (χ3n) is 2.70. The van der Waals surface area contributed by atoms with Crippen molar-refractivity contribution in [1.29, 1.82) is 0 Å². The van der Waals surface area contributed by atoms with E-state index in [0.29, 0.717) is 13.0 Å². The van der Waals surface area contributed by atoms with Crippen molar-refractivity contribution in [1.82, 2.24) is 15.1 Å². The van der Waals surface area contributed by atoms with Gasteiger partial charge >= 0.3 is 5.97 Å². The first-order valence-electron chi connectivity index (χ1n) is 6.55. The molecule has 1 aromatic heterocycles. The van der Waals surface area contributed by atoms with Gasteiger partial charge in [-0.05, 0) is 25.8 Å². The number of aliphatic carboxylic acids is 1. The Morgan fingerprint density at radius 2 is 2.15 bits per heavy atom. The Hall–Kier alpha value is -2.18. The molecule has 0 bridgehead atoms. The van der Waals surface area contributed by atoms with Gasteiger partial charge in [-0.3, -0.25) is 14.4 Å². The number of amides is 1. The highest BCUT2D eigenvalue weighted by molar-refractivity contribution is 5.92. The van der Waals surface area contributed by atoms with Crippen LogP contribution in [0.5, 0.6) is 0 Å². The molecule has 0 aliphatic rings. The van der Waals surface area contributed by atoms with Gasteiger partial charge in [0.1, 0.15) is 5.69 Å². The first-order chi connectivity index (χ1) is 9.43. The average Bonchev–Trinajstić information content (AvgIpc) is 2.39. The molecule has 0 saturated carbocycles. The van der Waals surface area contributed by atoms with Crippen molar-refractivity contribution in [3.8, 4) is 0 Å². The Kier molecular flexibility index (Phi) is 5.89. The summed E-state index contributed by atoms with van der Waals surface area (Å²) >= 11 is 0. The maximum atomic E-state index is 11.9. The normalized spacial score (nSPS) is 11.9. The molecule has 1 heterocycles. The first kappa shape index (κ1) is 15.9. The number of carboxylic acid groups (broad SMARTS) is 1. The minimum absolute atomic E-state index is 0.00971. The molecule has 20 heavy (non-hydrogen) atoms. The first-order valence-corrected chi connectivity index (χ1v) is 6.55. The molecule has 1 rings (SSSR count). The van der Waals surface area contributed by atoms with Gasteiger partial charge in [-0.2, -0.15) is 5.10 Å². The number of hydrogen-bond acceptors (Lipinski definition) is 4. The lowest BCUT2D eigenvalue weighted by Gasteiger charge is -2.12. The molecule has 2 N–H and O–H groups in total. The van der Waals surface area contributed by atoms with Gasteiger partial charge in [0.25, 0.3) is 11.5 Å². The van der Waals surface area contributed by atoms with E-state index in [2.05, 4.69) is 10.4 Å². The van der Waals surface area contributed by atoms with E-state index in [1.54, 1.807) is 6.92 Å². The Balaban J connectivity index is 2.70. The molecule has 0 aliphatic carbocycles. The summed E-state index contributed by atoms with van der Waals surface area (Å²) < 4.78 is 1.25. The van der Waals surface area contributed by atoms with Crippen LogP contribution in [0.1, 0.15) is 43.6 Å². The van der Waals surface area contributed by atoms with Crippen molar-refractivity contribution < 1.29 is 14.7 Å². The van der Waals surface area contributed by atoms with Crippen LogP contribution >= 0.6 is 0 Å². The number of carbonyl (C=O) groups excluding carboxylic acids is 1. The van der Waals surface area contributed by atoms with E-state index in [9.17, 15) is 14.4 Å². The largest absolute Gasteiger partial charge is 0.481 e. The minimum atomic E-state index is -0.902. The van der Waals surface area contributed by atoms with E-state index in [1.165, 1.54) is 16.8 Å². The summed E-state index contributed by atoms with van der Waals surface area (Å²) in [4.78, 5) is 33.9. The van der Waals surface area contributed by atoms with Gasteiger partial charge in [0.2, 0.25) is 0 Å². The van der Waals surface area contributed by atoms with Crippen LogP contribution in [0.15, 0.2) is 16.9 Å². The molecule has 0 fully saturated rings. The van der Waals surface area contributed by atoms with Crippen LogP contribution < -0.4 is 10.9 Å². The van der Waals surface area contributed by atoms with Crippen LogP contribution in [-0.4, -0.2) is 32.8 Å². The molecule has 110 valence electrons. The van der Waals surface area contributed by atoms with Crippen LogP contribution in [0.25, 0.3) is 0 Å². The average molecular weight is 281 g/mol. The molecule has 0 radical (unpaired) electrons. The molecule has 0 spiro atoms. The lowest BCUT2D eigenvalue weighted by atomic mass is 10.2. The summed E-state index contributed by atoms with van der Waals surface area (Å²) in [6.07, 6.45) is 1.08. The van der Waals surface area contributed by atoms with Crippen molar-refractivity contribution in [3.63, 3.8) is 0 Å². The zero-order valence-electron chi connectivity index (χ0n) is 11.6. The fraction of sp³-hybridized carbons (Fsp3) is 0.538. The molecule has 0 aromatic carbocycles. The Morgan fingerprint density at radius 1 is 1.45 bits per heavy atom. The number of nitrogens with zero attached hydrogens (tertiary/aromatic N) is 2. The summed E-state index contributed by atoms with van der Waals surface area (Å²) in [6.45, 7) is 4.09. The van der Waals surface area contributed by atoms with E-state index >= 15 is 0 Å². The van der Waals surface area contributed by atoms with Gasteiger partial charge in [0, 0.05) is 25.1 Å². The predicted octanol–water partition coefficient (Wildman–Crippen LogP) is 0.636. The molecule has 1 amide bonds. The summed E-state index contributed by atoms with van der Waals surface area (Å²) in [6, 6.07) is 2.40. The molecule has 1 atom stereocenters. The van der Waals surface area contributed by atoms with Gasteiger partial charge < -0.3 is 10.4 Å². The third-order valence-corrected chi connectivity index (χ3v) is 2.70. The van der Waals surface area contributed by atoms with E-state index in [-0.39, 0.29) is 23.7 Å². The number of aryl methyl sites for hydroxylation is 1. The van der Waals surface area contributed by atoms with Crippen molar-refractivity contribution in [2.45, 2.75) is 45.7 Å². The fourth-order valence-corrected chi connectivity index (χ4v) is 1.65. The highest BCUT2D eigenvalue weighted by Crippen LogP contribution is 1.99. The molecule has 1 unspecified atom stereocenters. The summed E-state index contributed by atoms with van der Waals surface area (Å²) in [7, 11) is 0. The van der Waals surface area contributed by atoms with Crippen LogP contribution in [0.2, 0.25) is 0 Å². The zero-order valence-corrected chi connectivity index (χ0v) is 11.6. The van der Waals surface area contributed by atoms with Crippen LogP contribution in [0, 0.1) is 0 Å². The van der Waals surface area contributed by atoms with Gasteiger partial charge in [0.15, 0.2) is 0 Å². The van der Waals surface area contributed by atoms with Crippen molar-refractivity contribution in [2.24, 2.45) is 0 Å². The molecular formula is C13H19N3O4. The second-order valence-electron chi connectivity index (χ2n) is 4.59. The number of aromatic nitrogens is 2. The maximum absolute atomic E-state index is 11.9. The van der Waals surface area contributed by atoms with Gasteiger partial charge in [0.05, 0.1) is 0 Å². The van der Waals surface area contributed by atoms with Gasteiger partial charge in [-0.25, -0.2) is 4.68 Å². The molecule has 7 heteroatoms. The van der Waals surface area contributed by atoms with E-state index in [4.69, 9.17) is 5.11 Å². The quantitative estimate of drug-likeness (QED) is 0.763. The summed E-state index contributed by atoms with van der Waals surface area (Å²) in [5, 5.41) is 15.2. The number of nitrogens with one attached hydrogen (secondary N) is 1. The molecule has 7 nitrogen and oxygen atoms in total. The predicted molar refractivity (Wildman–Crippen MR) is 72.6 cm³/mol. The number of carboxylic acids is 1. The number of rotatable bonds is 7. The molecule has 1 aromatic rings. The monoisotopic (exact) mass is 281 g/mol. The lowest BCUT2D eigenvalue weighted by molar-refractivity contribution is -0.137. The standard InChI is InChI=1S/C13H19N3O4/c1-3-8-16-11(17)6-5-10(15-16)13(20)14-9(2)4-7-12(18)19/h5-6,9H,3-4,7-8H2,1-2H3,(H,14,20)(H,18,19). The van der Waals surface area contributed by atoms with Crippen molar-refractivity contribution in [2.75, 3.05) is 0 Å². The highest BCUT2D eigenvalue weighted by Gasteiger charge is 2.13. The Morgan fingerprint density at radius 3 is 2.75 bits per heavy atom. The zero-order chi connectivity index (χ0) is 15.1. The lowest BCUT2D eigenvalue weighted by Crippen LogP contribution is -2.35. The van der Waals surface area contributed by atoms with Crippen molar-refractivity contribution >= 4 is 11.9 Å². The number of hydrogen-bond donors (Lipinski definition) is 2. The summed E-state index contributed by atoms with van der Waals surface area (Å²) in [5.41, 5.74) is -0.0949. The number of carbonyl (C=O) groups is 2. The topological polar surface area (TPSA) is 101 Å². The second-order valence-corrected chi connectivity index (χ2v) is 4.59. The van der Waals surface area contributed by atoms with E-state index in [1.807, 2.05) is 6.92 Å². The van der Waals surface area contributed by atoms with Gasteiger partial charge in [-0.15, -0.1) is 0 Å². The molecular weight excluding hydrogens is 262 g/mol.